The monoisotopic (exact) mass is 427 g/mol. The van der Waals surface area contributed by atoms with Crippen molar-refractivity contribution in [1.29, 1.82) is 0 Å². The van der Waals surface area contributed by atoms with Crippen molar-refractivity contribution >= 4 is 22.8 Å². The number of aromatic nitrogens is 2. The summed E-state index contributed by atoms with van der Waals surface area (Å²) in [4.78, 5) is 47.8. The van der Waals surface area contributed by atoms with Gasteiger partial charge in [-0.25, -0.2) is 14.4 Å². The molecule has 9 nitrogen and oxygen atoms in total. The number of fused-ring (bicyclic) bond motifs is 1. The number of H-pyrrole nitrogens is 1. The van der Waals surface area contributed by atoms with Crippen LogP contribution in [0.1, 0.15) is 12.0 Å². The van der Waals surface area contributed by atoms with Crippen LogP contribution in [0.15, 0.2) is 64.2 Å². The van der Waals surface area contributed by atoms with Crippen molar-refractivity contribution in [2.45, 2.75) is 19.4 Å². The lowest BCUT2D eigenvalue weighted by Gasteiger charge is -2.17. The van der Waals surface area contributed by atoms with E-state index in [0.29, 0.717) is 24.0 Å². The topological polar surface area (TPSA) is 133 Å². The Hall–Kier alpha value is -3.72. The molecule has 0 atom stereocenters. The van der Waals surface area contributed by atoms with Gasteiger partial charge in [-0.3, -0.25) is 9.36 Å². The molecule has 9 heteroatoms. The van der Waals surface area contributed by atoms with Crippen LogP contribution in [0.4, 0.5) is 0 Å². The maximum atomic E-state index is 12.5. The molecule has 3 N–H and O–H groups in total. The Kier molecular flexibility index (Phi) is 8.71. The Morgan fingerprint density at radius 2 is 1.55 bits per heavy atom. The van der Waals surface area contributed by atoms with Crippen LogP contribution in [-0.4, -0.2) is 56.7 Å². The molecule has 1 aromatic heterocycles. The fraction of sp³-hybridized carbons (Fsp3) is 0.273. The second kappa shape index (κ2) is 11.5. The number of benzene rings is 2. The third-order valence-electron chi connectivity index (χ3n) is 4.63. The summed E-state index contributed by atoms with van der Waals surface area (Å²) in [6.07, 6.45) is 2.07. The normalized spacial score (nSPS) is 10.5. The number of likely N-dealkylation sites (N-methyl/N-ethyl adjacent to an activating group) is 1. The van der Waals surface area contributed by atoms with Gasteiger partial charge in [0.15, 0.2) is 0 Å². The van der Waals surface area contributed by atoms with E-state index < -0.39 is 11.9 Å². The molecule has 164 valence electrons. The van der Waals surface area contributed by atoms with E-state index in [1.807, 2.05) is 25.2 Å². The van der Waals surface area contributed by atoms with E-state index in [4.69, 9.17) is 19.8 Å². The largest absolute Gasteiger partial charge is 0.473 e. The van der Waals surface area contributed by atoms with Crippen LogP contribution >= 0.6 is 0 Å². The summed E-state index contributed by atoms with van der Waals surface area (Å²) in [5.41, 5.74) is 1.35. The average molecular weight is 427 g/mol. The van der Waals surface area contributed by atoms with Gasteiger partial charge in [0, 0.05) is 13.1 Å². The number of aromatic amines is 1. The summed E-state index contributed by atoms with van der Waals surface area (Å²) in [6.45, 7) is 1.98. The lowest BCUT2D eigenvalue weighted by Crippen LogP contribution is -2.38. The van der Waals surface area contributed by atoms with Gasteiger partial charge in [0.1, 0.15) is 0 Å². The smallest absolute Gasteiger partial charge is 0.414 e. The van der Waals surface area contributed by atoms with Crippen molar-refractivity contribution in [3.05, 3.63) is 81.0 Å². The Morgan fingerprint density at radius 1 is 0.935 bits per heavy atom. The predicted molar refractivity (Wildman–Crippen MR) is 116 cm³/mol. The lowest BCUT2D eigenvalue weighted by molar-refractivity contribution is -0.159. The van der Waals surface area contributed by atoms with E-state index in [2.05, 4.69) is 34.1 Å². The number of rotatable bonds is 7. The molecule has 0 aliphatic heterocycles. The fourth-order valence-electron chi connectivity index (χ4n) is 2.98. The molecule has 0 fully saturated rings. The molecular formula is C22H25N3O6. The zero-order valence-corrected chi connectivity index (χ0v) is 17.2. The van der Waals surface area contributed by atoms with Gasteiger partial charge in [-0.2, -0.15) is 0 Å². The number of carboxylic acid groups (broad SMARTS) is 2. The average Bonchev–Trinajstić information content (AvgIpc) is 2.74. The zero-order chi connectivity index (χ0) is 22.8. The van der Waals surface area contributed by atoms with Crippen molar-refractivity contribution < 1.29 is 19.8 Å². The van der Waals surface area contributed by atoms with Crippen molar-refractivity contribution in [3.8, 4) is 0 Å². The van der Waals surface area contributed by atoms with Gasteiger partial charge in [0.05, 0.1) is 10.9 Å². The maximum absolute atomic E-state index is 12.5. The number of nitrogens with zero attached hydrogens (tertiary/aromatic N) is 2. The fourth-order valence-corrected chi connectivity index (χ4v) is 2.98. The van der Waals surface area contributed by atoms with E-state index in [1.165, 1.54) is 10.1 Å². The van der Waals surface area contributed by atoms with Gasteiger partial charge in [-0.15, -0.1) is 0 Å². The van der Waals surface area contributed by atoms with Gasteiger partial charge >= 0.3 is 17.6 Å². The molecule has 0 aliphatic rings. The van der Waals surface area contributed by atoms with Crippen molar-refractivity contribution in [3.63, 3.8) is 0 Å². The van der Waals surface area contributed by atoms with Crippen LogP contribution in [0.25, 0.3) is 10.9 Å². The first-order chi connectivity index (χ1) is 14.8. The predicted octanol–water partition coefficient (Wildman–Crippen LogP) is 1.41. The summed E-state index contributed by atoms with van der Waals surface area (Å²) < 4.78 is 1.29. The van der Waals surface area contributed by atoms with E-state index in [0.717, 1.165) is 19.4 Å². The number of nitrogens with one attached hydrogen (secondary N) is 1. The van der Waals surface area contributed by atoms with Gasteiger partial charge in [-0.05, 0) is 44.1 Å². The molecule has 0 spiro atoms. The summed E-state index contributed by atoms with van der Waals surface area (Å²) >= 11 is 0. The van der Waals surface area contributed by atoms with Crippen LogP contribution in [0.5, 0.6) is 0 Å². The minimum absolute atomic E-state index is 0.225. The molecule has 31 heavy (non-hydrogen) atoms. The number of aryl methyl sites for hydroxylation is 1. The van der Waals surface area contributed by atoms with Crippen LogP contribution in [0.3, 0.4) is 0 Å². The molecule has 0 saturated heterocycles. The van der Waals surface area contributed by atoms with E-state index in [-0.39, 0.29) is 11.2 Å². The zero-order valence-electron chi connectivity index (χ0n) is 17.2. The van der Waals surface area contributed by atoms with Crippen LogP contribution in [-0.2, 0) is 22.6 Å². The number of carbonyl (C=O) groups is 2. The molecule has 0 amide bonds. The Bertz CT molecular complexity index is 1130. The van der Waals surface area contributed by atoms with Gasteiger partial charge in [-0.1, -0.05) is 42.5 Å². The number of aliphatic carboxylic acids is 2. The van der Waals surface area contributed by atoms with E-state index in [1.54, 1.807) is 12.1 Å². The van der Waals surface area contributed by atoms with Crippen molar-refractivity contribution in [2.75, 3.05) is 20.1 Å². The molecule has 1 heterocycles. The number of hydrogen-bond donors (Lipinski definition) is 3. The summed E-state index contributed by atoms with van der Waals surface area (Å²) in [5.74, 6) is -3.65. The SMILES string of the molecule is CN(CCCc1ccccc1)CCn1c(=O)[nH]c2ccccc2c1=O.O=C(O)C(=O)O. The first-order valence-corrected chi connectivity index (χ1v) is 9.70. The second-order valence-corrected chi connectivity index (χ2v) is 6.94. The number of hydrogen-bond acceptors (Lipinski definition) is 5. The van der Waals surface area contributed by atoms with Gasteiger partial charge in [0.2, 0.25) is 0 Å². The van der Waals surface area contributed by atoms with E-state index >= 15 is 0 Å². The molecule has 0 saturated carbocycles. The minimum Gasteiger partial charge on any atom is -0.473 e. The molecule has 3 rings (SSSR count). The van der Waals surface area contributed by atoms with Crippen LogP contribution in [0, 0.1) is 0 Å². The van der Waals surface area contributed by atoms with Gasteiger partial charge < -0.3 is 20.1 Å². The Balaban J connectivity index is 0.000000501. The standard InChI is InChI=1S/C20H23N3O2.C2H2O4/c1-22(13-7-10-16-8-3-2-4-9-16)14-15-23-19(24)17-11-5-6-12-18(17)21-20(23)25;3-1(4)2(5)6/h2-6,8-9,11-12H,7,10,13-15H2,1H3,(H,21,25);(H,3,4)(H,5,6). The highest BCUT2D eigenvalue weighted by Gasteiger charge is 2.08. The maximum Gasteiger partial charge on any atom is 0.414 e. The number of carboxylic acids is 2. The molecule has 3 aromatic rings. The van der Waals surface area contributed by atoms with Crippen LogP contribution < -0.4 is 11.2 Å². The van der Waals surface area contributed by atoms with E-state index in [9.17, 15) is 9.59 Å². The number of para-hydroxylation sites is 1. The molecular weight excluding hydrogens is 402 g/mol. The van der Waals surface area contributed by atoms with Crippen molar-refractivity contribution in [1.82, 2.24) is 14.5 Å². The summed E-state index contributed by atoms with van der Waals surface area (Å²) in [5, 5.41) is 15.3. The second-order valence-electron chi connectivity index (χ2n) is 6.94. The molecule has 2 aromatic carbocycles. The first-order valence-electron chi connectivity index (χ1n) is 9.70. The third-order valence-corrected chi connectivity index (χ3v) is 4.63. The molecule has 0 bridgehead atoms. The van der Waals surface area contributed by atoms with Crippen LogP contribution in [0.2, 0.25) is 0 Å². The Labute approximate surface area is 178 Å². The Morgan fingerprint density at radius 3 is 2.19 bits per heavy atom. The van der Waals surface area contributed by atoms with Crippen molar-refractivity contribution in [2.24, 2.45) is 0 Å². The minimum atomic E-state index is -1.82. The molecule has 0 aliphatic carbocycles. The summed E-state index contributed by atoms with van der Waals surface area (Å²) in [6, 6.07) is 17.5. The highest BCUT2D eigenvalue weighted by molar-refractivity contribution is 6.27. The first kappa shape index (κ1) is 23.6. The lowest BCUT2D eigenvalue weighted by atomic mass is 10.1. The highest BCUT2D eigenvalue weighted by atomic mass is 16.4. The quantitative estimate of drug-likeness (QED) is 0.486. The van der Waals surface area contributed by atoms with Gasteiger partial charge in [0.25, 0.3) is 5.56 Å². The third kappa shape index (κ3) is 7.23. The summed E-state index contributed by atoms with van der Waals surface area (Å²) in [7, 11) is 2.02. The highest BCUT2D eigenvalue weighted by Crippen LogP contribution is 2.04. The molecule has 0 unspecified atom stereocenters. The molecule has 0 radical (unpaired) electrons.